The minimum absolute atomic E-state index is 0.405. The van der Waals surface area contributed by atoms with Gasteiger partial charge in [-0.2, -0.15) is 0 Å². The van der Waals surface area contributed by atoms with Crippen molar-refractivity contribution in [2.24, 2.45) is 16.6 Å². The van der Waals surface area contributed by atoms with Crippen LogP contribution in [0.5, 0.6) is 11.5 Å². The topological polar surface area (TPSA) is 78.1 Å². The van der Waals surface area contributed by atoms with Gasteiger partial charge in [0.25, 0.3) is 0 Å². The van der Waals surface area contributed by atoms with Crippen LogP contribution >= 0.6 is 0 Å². The second kappa shape index (κ2) is 9.89. The van der Waals surface area contributed by atoms with Gasteiger partial charge in [0, 0.05) is 13.2 Å². The molecule has 0 aliphatic heterocycles. The summed E-state index contributed by atoms with van der Waals surface area (Å²) in [5.41, 5.74) is 6.82. The molecule has 0 saturated heterocycles. The fourth-order valence-electron chi connectivity index (χ4n) is 1.78. The van der Waals surface area contributed by atoms with Crippen LogP contribution in [-0.2, 0) is 11.3 Å². The van der Waals surface area contributed by atoms with Gasteiger partial charge in [-0.15, -0.1) is 0 Å². The number of hydrogen-bond acceptors (Lipinski definition) is 4. The first kappa shape index (κ1) is 18.1. The highest BCUT2D eigenvalue weighted by molar-refractivity contribution is 5.77. The van der Waals surface area contributed by atoms with Crippen molar-refractivity contribution in [2.45, 2.75) is 20.4 Å². The molecule has 3 N–H and O–H groups in total. The molecule has 0 radical (unpaired) electrons. The summed E-state index contributed by atoms with van der Waals surface area (Å²) in [6.07, 6.45) is 0. The third kappa shape index (κ3) is 6.67. The maximum atomic E-state index is 5.82. The fraction of sp³-hybridized carbons (Fsp3) is 0.562. The molecule has 6 nitrogen and oxygen atoms in total. The molecule has 0 heterocycles. The Morgan fingerprint density at radius 1 is 1.23 bits per heavy atom. The molecule has 0 fully saturated rings. The maximum Gasteiger partial charge on any atom is 0.188 e. The van der Waals surface area contributed by atoms with Gasteiger partial charge in [-0.05, 0) is 23.6 Å². The summed E-state index contributed by atoms with van der Waals surface area (Å²) in [6, 6.07) is 5.68. The van der Waals surface area contributed by atoms with Gasteiger partial charge in [0.2, 0.25) is 0 Å². The number of methoxy groups -OCH3 is 2. The molecule has 22 heavy (non-hydrogen) atoms. The van der Waals surface area contributed by atoms with Crippen LogP contribution in [0.25, 0.3) is 0 Å². The zero-order valence-corrected chi connectivity index (χ0v) is 13.9. The number of benzene rings is 1. The number of nitrogens with two attached hydrogens (primary N) is 1. The largest absolute Gasteiger partial charge is 0.493 e. The maximum absolute atomic E-state index is 5.82. The summed E-state index contributed by atoms with van der Waals surface area (Å²) < 4.78 is 15.9. The number of ether oxygens (including phenoxy) is 3. The van der Waals surface area contributed by atoms with Crippen LogP contribution in [0.1, 0.15) is 19.4 Å². The molecular weight excluding hydrogens is 282 g/mol. The van der Waals surface area contributed by atoms with Crippen molar-refractivity contribution in [3.63, 3.8) is 0 Å². The van der Waals surface area contributed by atoms with Crippen LogP contribution in [0.3, 0.4) is 0 Å². The monoisotopic (exact) mass is 309 g/mol. The van der Waals surface area contributed by atoms with E-state index >= 15 is 0 Å². The first-order chi connectivity index (χ1) is 10.6. The number of aliphatic imine (C=N–C) groups is 1. The van der Waals surface area contributed by atoms with Crippen LogP contribution in [0.2, 0.25) is 0 Å². The van der Waals surface area contributed by atoms with Crippen molar-refractivity contribution < 1.29 is 14.2 Å². The Bertz CT molecular complexity index is 476. The van der Waals surface area contributed by atoms with Gasteiger partial charge in [-0.3, -0.25) is 0 Å². The molecular formula is C16H27N3O3. The lowest BCUT2D eigenvalue weighted by molar-refractivity contribution is 0.114. The molecule has 0 atom stereocenters. The fourth-order valence-corrected chi connectivity index (χ4v) is 1.78. The van der Waals surface area contributed by atoms with Crippen LogP contribution in [0.15, 0.2) is 23.2 Å². The highest BCUT2D eigenvalue weighted by atomic mass is 16.5. The summed E-state index contributed by atoms with van der Waals surface area (Å²) in [7, 11) is 3.22. The number of hydrogen-bond donors (Lipinski definition) is 2. The van der Waals surface area contributed by atoms with Crippen LogP contribution in [0, 0.1) is 5.92 Å². The molecule has 1 aromatic carbocycles. The SMILES string of the molecule is COc1ccc(CN=C(N)NCCOCC(C)C)cc1OC. The van der Waals surface area contributed by atoms with E-state index < -0.39 is 0 Å². The predicted octanol–water partition coefficient (Wildman–Crippen LogP) is 1.78. The molecule has 0 unspecified atom stereocenters. The summed E-state index contributed by atoms with van der Waals surface area (Å²) >= 11 is 0. The lowest BCUT2D eigenvalue weighted by Crippen LogP contribution is -2.34. The average molecular weight is 309 g/mol. The zero-order chi connectivity index (χ0) is 16.4. The van der Waals surface area contributed by atoms with Crippen LogP contribution in [-0.4, -0.2) is 39.9 Å². The lowest BCUT2D eigenvalue weighted by atomic mass is 10.2. The van der Waals surface area contributed by atoms with Gasteiger partial charge < -0.3 is 25.3 Å². The Morgan fingerprint density at radius 3 is 2.59 bits per heavy atom. The number of rotatable bonds is 9. The summed E-state index contributed by atoms with van der Waals surface area (Å²) in [4.78, 5) is 4.29. The summed E-state index contributed by atoms with van der Waals surface area (Å²) in [5, 5.41) is 3.02. The van der Waals surface area contributed by atoms with E-state index in [1.54, 1.807) is 14.2 Å². The first-order valence-corrected chi connectivity index (χ1v) is 7.39. The first-order valence-electron chi connectivity index (χ1n) is 7.39. The molecule has 0 saturated carbocycles. The molecule has 0 aliphatic carbocycles. The number of guanidine groups is 1. The third-order valence-corrected chi connectivity index (χ3v) is 2.88. The van der Waals surface area contributed by atoms with Crippen molar-refractivity contribution in [3.05, 3.63) is 23.8 Å². The molecule has 1 rings (SSSR count). The van der Waals surface area contributed by atoms with E-state index in [2.05, 4.69) is 24.2 Å². The van der Waals surface area contributed by atoms with Gasteiger partial charge in [-0.1, -0.05) is 19.9 Å². The molecule has 0 aromatic heterocycles. The minimum Gasteiger partial charge on any atom is -0.493 e. The Hall–Kier alpha value is -1.95. The highest BCUT2D eigenvalue weighted by Crippen LogP contribution is 2.27. The van der Waals surface area contributed by atoms with E-state index in [0.717, 1.165) is 12.2 Å². The van der Waals surface area contributed by atoms with Gasteiger partial charge in [0.05, 0.1) is 27.4 Å². The second-order valence-electron chi connectivity index (χ2n) is 5.29. The molecule has 0 amide bonds. The van der Waals surface area contributed by atoms with Crippen molar-refractivity contribution in [1.29, 1.82) is 0 Å². The van der Waals surface area contributed by atoms with E-state index in [-0.39, 0.29) is 0 Å². The van der Waals surface area contributed by atoms with Crippen molar-refractivity contribution in [3.8, 4) is 11.5 Å². The van der Waals surface area contributed by atoms with Crippen molar-refractivity contribution in [1.82, 2.24) is 5.32 Å². The van der Waals surface area contributed by atoms with E-state index in [9.17, 15) is 0 Å². The lowest BCUT2D eigenvalue weighted by Gasteiger charge is -2.10. The van der Waals surface area contributed by atoms with Crippen molar-refractivity contribution >= 4 is 5.96 Å². The quantitative estimate of drug-likeness (QED) is 0.413. The van der Waals surface area contributed by atoms with E-state index in [4.69, 9.17) is 19.9 Å². The third-order valence-electron chi connectivity index (χ3n) is 2.88. The average Bonchev–Trinajstić information content (AvgIpc) is 2.51. The van der Waals surface area contributed by atoms with E-state index in [1.807, 2.05) is 18.2 Å². The molecule has 6 heteroatoms. The standard InChI is InChI=1S/C16H27N3O3/c1-12(2)11-22-8-7-18-16(17)19-10-13-5-6-14(20-3)15(9-13)21-4/h5-6,9,12H,7-8,10-11H2,1-4H3,(H3,17,18,19). The minimum atomic E-state index is 0.405. The smallest absolute Gasteiger partial charge is 0.188 e. The number of nitrogens with zero attached hydrogens (tertiary/aromatic N) is 1. The Morgan fingerprint density at radius 2 is 1.95 bits per heavy atom. The summed E-state index contributed by atoms with van der Waals surface area (Å²) in [5.74, 6) is 2.33. The predicted molar refractivity (Wildman–Crippen MR) is 88.5 cm³/mol. The number of nitrogens with one attached hydrogen (secondary N) is 1. The molecule has 0 spiro atoms. The molecule has 124 valence electrons. The van der Waals surface area contributed by atoms with E-state index in [0.29, 0.717) is 43.1 Å². The molecule has 0 aliphatic rings. The Labute approximate surface area is 132 Å². The van der Waals surface area contributed by atoms with Gasteiger partial charge in [0.15, 0.2) is 17.5 Å². The van der Waals surface area contributed by atoms with Crippen LogP contribution in [0.4, 0.5) is 0 Å². The summed E-state index contributed by atoms with van der Waals surface area (Å²) in [6.45, 7) is 6.73. The Balaban J connectivity index is 2.40. The Kier molecular flexibility index (Phi) is 8.14. The van der Waals surface area contributed by atoms with Gasteiger partial charge >= 0.3 is 0 Å². The zero-order valence-electron chi connectivity index (χ0n) is 13.9. The van der Waals surface area contributed by atoms with Crippen molar-refractivity contribution in [2.75, 3.05) is 34.0 Å². The van der Waals surface area contributed by atoms with Gasteiger partial charge in [0.1, 0.15) is 0 Å². The van der Waals surface area contributed by atoms with Crippen LogP contribution < -0.4 is 20.5 Å². The van der Waals surface area contributed by atoms with E-state index in [1.165, 1.54) is 0 Å². The van der Waals surface area contributed by atoms with Gasteiger partial charge in [-0.25, -0.2) is 4.99 Å². The second-order valence-corrected chi connectivity index (χ2v) is 5.29. The molecule has 1 aromatic rings. The molecule has 0 bridgehead atoms. The highest BCUT2D eigenvalue weighted by Gasteiger charge is 2.04. The normalized spacial score (nSPS) is 11.6.